The SMILES string of the molecule is Nc1ncccc1OCc1ccc(OC(F)(F)F)cc1. The van der Waals surface area contributed by atoms with Crippen LogP contribution in [0.2, 0.25) is 0 Å². The van der Waals surface area contributed by atoms with Gasteiger partial charge in [0.1, 0.15) is 12.4 Å². The summed E-state index contributed by atoms with van der Waals surface area (Å²) in [6.07, 6.45) is -3.16. The number of nitrogens with zero attached hydrogens (tertiary/aromatic N) is 1. The molecule has 0 spiro atoms. The summed E-state index contributed by atoms with van der Waals surface area (Å²) in [5, 5.41) is 0. The van der Waals surface area contributed by atoms with Gasteiger partial charge in [-0.3, -0.25) is 0 Å². The van der Waals surface area contributed by atoms with Crippen molar-refractivity contribution in [1.82, 2.24) is 4.98 Å². The first kappa shape index (κ1) is 14.0. The number of nitrogen functional groups attached to an aromatic ring is 1. The zero-order chi connectivity index (χ0) is 14.6. The Kier molecular flexibility index (Phi) is 3.97. The number of hydrogen-bond donors (Lipinski definition) is 1. The third kappa shape index (κ3) is 4.04. The van der Waals surface area contributed by atoms with Gasteiger partial charge in [0.05, 0.1) is 0 Å². The second-order valence-corrected chi connectivity index (χ2v) is 3.87. The fourth-order valence-electron chi connectivity index (χ4n) is 1.47. The summed E-state index contributed by atoms with van der Waals surface area (Å²) in [7, 11) is 0. The average Bonchev–Trinajstić information content (AvgIpc) is 2.38. The quantitative estimate of drug-likeness (QED) is 0.937. The lowest BCUT2D eigenvalue weighted by Gasteiger charge is -2.10. The van der Waals surface area contributed by atoms with E-state index in [1.165, 1.54) is 30.5 Å². The van der Waals surface area contributed by atoms with E-state index in [4.69, 9.17) is 10.5 Å². The summed E-state index contributed by atoms with van der Waals surface area (Å²) < 4.78 is 45.1. The number of anilines is 1. The Balaban J connectivity index is 1.96. The Morgan fingerprint density at radius 2 is 1.80 bits per heavy atom. The molecule has 2 rings (SSSR count). The molecular formula is C13H11F3N2O2. The molecule has 0 saturated heterocycles. The van der Waals surface area contributed by atoms with Gasteiger partial charge in [-0.15, -0.1) is 13.2 Å². The Hall–Kier alpha value is -2.44. The van der Waals surface area contributed by atoms with Crippen molar-refractivity contribution in [3.63, 3.8) is 0 Å². The van der Waals surface area contributed by atoms with Crippen molar-refractivity contribution in [1.29, 1.82) is 0 Å². The molecule has 0 aliphatic heterocycles. The van der Waals surface area contributed by atoms with Crippen LogP contribution in [0.4, 0.5) is 19.0 Å². The molecule has 1 aromatic heterocycles. The second kappa shape index (κ2) is 5.68. The molecule has 0 atom stereocenters. The van der Waals surface area contributed by atoms with E-state index < -0.39 is 6.36 Å². The number of hydrogen-bond acceptors (Lipinski definition) is 4. The molecule has 0 fully saturated rings. The van der Waals surface area contributed by atoms with Crippen LogP contribution in [-0.4, -0.2) is 11.3 Å². The van der Waals surface area contributed by atoms with Gasteiger partial charge in [-0.25, -0.2) is 4.98 Å². The predicted octanol–water partition coefficient (Wildman–Crippen LogP) is 3.14. The van der Waals surface area contributed by atoms with Crippen LogP contribution in [0.25, 0.3) is 0 Å². The minimum atomic E-state index is -4.69. The van der Waals surface area contributed by atoms with Gasteiger partial charge in [-0.1, -0.05) is 12.1 Å². The number of alkyl halides is 3. The van der Waals surface area contributed by atoms with E-state index in [2.05, 4.69) is 9.72 Å². The lowest BCUT2D eigenvalue weighted by Crippen LogP contribution is -2.17. The first-order valence-corrected chi connectivity index (χ1v) is 5.62. The predicted molar refractivity (Wildman–Crippen MR) is 66.1 cm³/mol. The molecule has 0 aliphatic rings. The Morgan fingerprint density at radius 3 is 2.40 bits per heavy atom. The van der Waals surface area contributed by atoms with Crippen LogP contribution in [0.3, 0.4) is 0 Å². The molecular weight excluding hydrogens is 273 g/mol. The average molecular weight is 284 g/mol. The minimum absolute atomic E-state index is 0.169. The molecule has 0 unspecified atom stereocenters. The van der Waals surface area contributed by atoms with Gasteiger partial charge >= 0.3 is 6.36 Å². The van der Waals surface area contributed by atoms with Gasteiger partial charge < -0.3 is 15.2 Å². The maximum Gasteiger partial charge on any atom is 0.573 e. The topological polar surface area (TPSA) is 57.4 Å². The van der Waals surface area contributed by atoms with Gasteiger partial charge in [0.2, 0.25) is 0 Å². The maximum absolute atomic E-state index is 12.0. The van der Waals surface area contributed by atoms with Gasteiger partial charge in [0, 0.05) is 6.20 Å². The molecule has 0 amide bonds. The van der Waals surface area contributed by atoms with Crippen LogP contribution in [-0.2, 0) is 6.61 Å². The van der Waals surface area contributed by atoms with Crippen molar-refractivity contribution >= 4 is 5.82 Å². The van der Waals surface area contributed by atoms with Crippen LogP contribution in [0, 0.1) is 0 Å². The Bertz CT molecular complexity index is 571. The molecule has 0 saturated carbocycles. The number of nitrogens with two attached hydrogens (primary N) is 1. The van der Waals surface area contributed by atoms with Crippen molar-refractivity contribution in [3.8, 4) is 11.5 Å². The molecule has 0 aliphatic carbocycles. The highest BCUT2D eigenvalue weighted by molar-refractivity contribution is 5.44. The van der Waals surface area contributed by atoms with Crippen LogP contribution in [0.5, 0.6) is 11.5 Å². The molecule has 4 nitrogen and oxygen atoms in total. The molecule has 0 radical (unpaired) electrons. The zero-order valence-corrected chi connectivity index (χ0v) is 10.2. The van der Waals surface area contributed by atoms with E-state index in [0.29, 0.717) is 11.3 Å². The first-order valence-electron chi connectivity index (χ1n) is 5.62. The molecule has 2 aromatic rings. The van der Waals surface area contributed by atoms with Crippen molar-refractivity contribution in [2.24, 2.45) is 0 Å². The fourth-order valence-corrected chi connectivity index (χ4v) is 1.47. The highest BCUT2D eigenvalue weighted by Crippen LogP contribution is 2.23. The molecule has 0 bridgehead atoms. The Morgan fingerprint density at radius 1 is 1.10 bits per heavy atom. The monoisotopic (exact) mass is 284 g/mol. The summed E-state index contributed by atoms with van der Waals surface area (Å²) in [6, 6.07) is 8.73. The standard InChI is InChI=1S/C13H11F3N2O2/c14-13(15,16)20-10-5-3-9(4-6-10)8-19-11-2-1-7-18-12(11)17/h1-7H,8H2,(H2,17,18). The molecule has 7 heteroatoms. The van der Waals surface area contributed by atoms with E-state index in [1.54, 1.807) is 12.1 Å². The third-order valence-corrected chi connectivity index (χ3v) is 2.35. The van der Waals surface area contributed by atoms with Crippen LogP contribution in [0.15, 0.2) is 42.6 Å². The van der Waals surface area contributed by atoms with Crippen molar-refractivity contribution in [2.75, 3.05) is 5.73 Å². The van der Waals surface area contributed by atoms with E-state index in [0.717, 1.165) is 0 Å². The molecule has 20 heavy (non-hydrogen) atoms. The summed E-state index contributed by atoms with van der Waals surface area (Å²) in [4.78, 5) is 3.85. The fraction of sp³-hybridized carbons (Fsp3) is 0.154. The lowest BCUT2D eigenvalue weighted by atomic mass is 10.2. The minimum Gasteiger partial charge on any atom is -0.485 e. The lowest BCUT2D eigenvalue weighted by molar-refractivity contribution is -0.274. The van der Waals surface area contributed by atoms with Crippen molar-refractivity contribution < 1.29 is 22.6 Å². The largest absolute Gasteiger partial charge is 0.573 e. The van der Waals surface area contributed by atoms with E-state index in [-0.39, 0.29) is 18.2 Å². The van der Waals surface area contributed by atoms with Gasteiger partial charge in [0.25, 0.3) is 0 Å². The number of ether oxygens (including phenoxy) is 2. The molecule has 106 valence electrons. The van der Waals surface area contributed by atoms with E-state index in [9.17, 15) is 13.2 Å². The van der Waals surface area contributed by atoms with Gasteiger partial charge in [-0.05, 0) is 29.8 Å². The highest BCUT2D eigenvalue weighted by Gasteiger charge is 2.30. The summed E-state index contributed by atoms with van der Waals surface area (Å²) in [5.74, 6) is 0.398. The number of aromatic nitrogens is 1. The number of benzene rings is 1. The Labute approximate surface area is 113 Å². The van der Waals surface area contributed by atoms with Crippen LogP contribution in [0.1, 0.15) is 5.56 Å². The number of halogens is 3. The smallest absolute Gasteiger partial charge is 0.485 e. The van der Waals surface area contributed by atoms with Crippen LogP contribution >= 0.6 is 0 Å². The normalized spacial score (nSPS) is 11.2. The van der Waals surface area contributed by atoms with E-state index in [1.807, 2.05) is 0 Å². The van der Waals surface area contributed by atoms with Gasteiger partial charge in [0.15, 0.2) is 11.6 Å². The van der Waals surface area contributed by atoms with Crippen molar-refractivity contribution in [2.45, 2.75) is 13.0 Å². The van der Waals surface area contributed by atoms with E-state index >= 15 is 0 Å². The number of rotatable bonds is 4. The first-order chi connectivity index (χ1) is 9.44. The summed E-state index contributed by atoms with van der Waals surface area (Å²) in [5.41, 5.74) is 6.28. The third-order valence-electron chi connectivity index (χ3n) is 2.35. The zero-order valence-electron chi connectivity index (χ0n) is 10.2. The van der Waals surface area contributed by atoms with Crippen LogP contribution < -0.4 is 15.2 Å². The second-order valence-electron chi connectivity index (χ2n) is 3.87. The molecule has 1 aromatic carbocycles. The summed E-state index contributed by atoms with van der Waals surface area (Å²) >= 11 is 0. The molecule has 1 heterocycles. The van der Waals surface area contributed by atoms with Crippen molar-refractivity contribution in [3.05, 3.63) is 48.2 Å². The molecule has 2 N–H and O–H groups in total. The van der Waals surface area contributed by atoms with Gasteiger partial charge in [-0.2, -0.15) is 0 Å². The highest BCUT2D eigenvalue weighted by atomic mass is 19.4. The number of pyridine rings is 1. The maximum atomic E-state index is 12.0. The summed E-state index contributed by atoms with van der Waals surface area (Å²) in [6.45, 7) is 0.169.